The number of nitrogens with zero attached hydrogens (tertiary/aromatic N) is 2. The van der Waals surface area contributed by atoms with Gasteiger partial charge < -0.3 is 14.5 Å². The maximum absolute atomic E-state index is 13.2. The first kappa shape index (κ1) is 18.0. The van der Waals surface area contributed by atoms with Crippen LogP contribution in [0.1, 0.15) is 28.8 Å². The number of amides is 2. The van der Waals surface area contributed by atoms with Crippen LogP contribution in [-0.2, 0) is 29.0 Å². The Morgan fingerprint density at radius 1 is 1.22 bits per heavy atom. The number of rotatable bonds is 4. The molecule has 27 heavy (non-hydrogen) atoms. The first-order chi connectivity index (χ1) is 13.2. The highest BCUT2D eigenvalue weighted by Crippen LogP contribution is 2.27. The maximum Gasteiger partial charge on any atom is 0.245 e. The molecule has 1 unspecified atom stereocenters. The van der Waals surface area contributed by atoms with E-state index in [-0.39, 0.29) is 17.9 Å². The molecule has 0 aliphatic carbocycles. The molecule has 1 aromatic heterocycles. The van der Waals surface area contributed by atoms with Gasteiger partial charge >= 0.3 is 0 Å². The maximum atomic E-state index is 13.2. The van der Waals surface area contributed by atoms with Crippen LogP contribution in [0.15, 0.2) is 35.7 Å². The van der Waals surface area contributed by atoms with Crippen molar-refractivity contribution in [2.24, 2.45) is 0 Å². The van der Waals surface area contributed by atoms with Crippen molar-refractivity contribution in [3.8, 4) is 5.75 Å². The smallest absolute Gasteiger partial charge is 0.245 e. The first-order valence-electron chi connectivity index (χ1n) is 9.42. The number of ether oxygens (including phenoxy) is 1. The Kier molecular flexibility index (Phi) is 5.16. The standard InChI is InChI=1S/C21H24N2O3S/c1-26-17-7-6-15-8-10-22(14-16(15)12-17)21(25)19-5-2-9-23(19)20(24)13-18-4-3-11-27-18/h3-4,6-7,11-12,19H,2,5,8-10,13-14H2,1H3. The normalized spacial score (nSPS) is 19.1. The SMILES string of the molecule is COc1ccc2c(c1)CN(C(=O)C1CCCN1C(=O)Cc1cccs1)CC2. The fourth-order valence-electron chi connectivity index (χ4n) is 4.05. The Morgan fingerprint density at radius 3 is 2.89 bits per heavy atom. The molecule has 0 saturated carbocycles. The van der Waals surface area contributed by atoms with Crippen molar-refractivity contribution in [1.82, 2.24) is 9.80 Å². The van der Waals surface area contributed by atoms with E-state index >= 15 is 0 Å². The van der Waals surface area contributed by atoms with Crippen LogP contribution >= 0.6 is 11.3 Å². The molecule has 5 nitrogen and oxygen atoms in total. The summed E-state index contributed by atoms with van der Waals surface area (Å²) in [7, 11) is 1.66. The van der Waals surface area contributed by atoms with Crippen LogP contribution in [0.25, 0.3) is 0 Å². The first-order valence-corrected chi connectivity index (χ1v) is 10.3. The van der Waals surface area contributed by atoms with Gasteiger partial charge in [0, 0.05) is 24.5 Å². The molecule has 2 aliphatic heterocycles. The third kappa shape index (κ3) is 3.72. The summed E-state index contributed by atoms with van der Waals surface area (Å²) in [5, 5.41) is 1.98. The van der Waals surface area contributed by atoms with Gasteiger partial charge in [0.2, 0.25) is 11.8 Å². The third-order valence-electron chi connectivity index (χ3n) is 5.50. The van der Waals surface area contributed by atoms with Crippen LogP contribution in [0, 0.1) is 0 Å². The highest BCUT2D eigenvalue weighted by Gasteiger charge is 2.37. The predicted molar refractivity (Wildman–Crippen MR) is 105 cm³/mol. The molecule has 2 aliphatic rings. The lowest BCUT2D eigenvalue weighted by Crippen LogP contribution is -2.49. The Labute approximate surface area is 163 Å². The number of carbonyl (C=O) groups excluding carboxylic acids is 2. The van der Waals surface area contributed by atoms with E-state index < -0.39 is 0 Å². The monoisotopic (exact) mass is 384 g/mol. The van der Waals surface area contributed by atoms with Crippen molar-refractivity contribution < 1.29 is 14.3 Å². The van der Waals surface area contributed by atoms with Crippen molar-refractivity contribution in [3.63, 3.8) is 0 Å². The molecular formula is C21H24N2O3S. The zero-order valence-electron chi connectivity index (χ0n) is 15.5. The molecule has 4 rings (SSSR count). The number of hydrogen-bond acceptors (Lipinski definition) is 4. The van der Waals surface area contributed by atoms with Gasteiger partial charge in [0.25, 0.3) is 0 Å². The lowest BCUT2D eigenvalue weighted by Gasteiger charge is -2.33. The minimum atomic E-state index is -0.315. The van der Waals surface area contributed by atoms with Gasteiger partial charge in [-0.3, -0.25) is 9.59 Å². The number of thiophene rings is 1. The molecule has 6 heteroatoms. The summed E-state index contributed by atoms with van der Waals surface area (Å²) >= 11 is 1.59. The lowest BCUT2D eigenvalue weighted by molar-refractivity contribution is -0.144. The van der Waals surface area contributed by atoms with Crippen molar-refractivity contribution >= 4 is 23.2 Å². The molecule has 3 heterocycles. The van der Waals surface area contributed by atoms with E-state index in [4.69, 9.17) is 4.74 Å². The summed E-state index contributed by atoms with van der Waals surface area (Å²) in [4.78, 5) is 30.7. The lowest BCUT2D eigenvalue weighted by atomic mass is 9.98. The van der Waals surface area contributed by atoms with E-state index in [0.29, 0.717) is 26.1 Å². The van der Waals surface area contributed by atoms with Gasteiger partial charge in [-0.1, -0.05) is 12.1 Å². The molecule has 1 saturated heterocycles. The molecule has 0 radical (unpaired) electrons. The van der Waals surface area contributed by atoms with Crippen LogP contribution in [0.4, 0.5) is 0 Å². The molecule has 1 atom stereocenters. The molecule has 1 fully saturated rings. The van der Waals surface area contributed by atoms with Gasteiger partial charge in [-0.15, -0.1) is 11.3 Å². The Balaban J connectivity index is 1.46. The number of carbonyl (C=O) groups is 2. The van der Waals surface area contributed by atoms with Crippen molar-refractivity contribution in [3.05, 3.63) is 51.7 Å². The van der Waals surface area contributed by atoms with E-state index in [2.05, 4.69) is 6.07 Å². The largest absolute Gasteiger partial charge is 0.497 e. The van der Waals surface area contributed by atoms with Crippen molar-refractivity contribution in [2.75, 3.05) is 20.2 Å². The molecule has 2 amide bonds. The second kappa shape index (κ2) is 7.72. The van der Waals surface area contributed by atoms with Gasteiger partial charge in [0.15, 0.2) is 0 Å². The number of methoxy groups -OCH3 is 1. The molecule has 2 aromatic rings. The third-order valence-corrected chi connectivity index (χ3v) is 6.38. The number of likely N-dealkylation sites (tertiary alicyclic amines) is 1. The molecular weight excluding hydrogens is 360 g/mol. The van der Waals surface area contributed by atoms with E-state index in [1.165, 1.54) is 5.56 Å². The quantitative estimate of drug-likeness (QED) is 0.814. The van der Waals surface area contributed by atoms with E-state index in [0.717, 1.165) is 35.5 Å². The second-order valence-electron chi connectivity index (χ2n) is 7.15. The van der Waals surface area contributed by atoms with E-state index in [1.807, 2.05) is 34.5 Å². The fraction of sp³-hybridized carbons (Fsp3) is 0.429. The van der Waals surface area contributed by atoms with Crippen LogP contribution in [-0.4, -0.2) is 47.9 Å². The van der Waals surface area contributed by atoms with Gasteiger partial charge in [0.1, 0.15) is 11.8 Å². The van der Waals surface area contributed by atoms with E-state index in [1.54, 1.807) is 23.3 Å². The number of fused-ring (bicyclic) bond motifs is 1. The van der Waals surface area contributed by atoms with Crippen LogP contribution in [0.3, 0.4) is 0 Å². The molecule has 0 bridgehead atoms. The summed E-state index contributed by atoms with van der Waals surface area (Å²) in [6.07, 6.45) is 2.89. The summed E-state index contributed by atoms with van der Waals surface area (Å²) in [6, 6.07) is 9.69. The highest BCUT2D eigenvalue weighted by molar-refractivity contribution is 7.10. The van der Waals surface area contributed by atoms with Crippen LogP contribution < -0.4 is 4.74 Å². The molecule has 142 valence electrons. The van der Waals surface area contributed by atoms with Crippen molar-refractivity contribution in [1.29, 1.82) is 0 Å². The second-order valence-corrected chi connectivity index (χ2v) is 8.18. The summed E-state index contributed by atoms with van der Waals surface area (Å²) < 4.78 is 5.32. The number of benzene rings is 1. The average molecular weight is 385 g/mol. The molecule has 1 aromatic carbocycles. The van der Waals surface area contributed by atoms with Gasteiger partial charge in [-0.05, 0) is 54.0 Å². The van der Waals surface area contributed by atoms with E-state index in [9.17, 15) is 9.59 Å². The summed E-state index contributed by atoms with van der Waals surface area (Å²) in [6.45, 7) is 1.98. The fourth-order valence-corrected chi connectivity index (χ4v) is 4.74. The average Bonchev–Trinajstić information content (AvgIpc) is 3.38. The zero-order valence-corrected chi connectivity index (χ0v) is 16.3. The minimum Gasteiger partial charge on any atom is -0.497 e. The minimum absolute atomic E-state index is 0.0624. The summed E-state index contributed by atoms with van der Waals surface area (Å²) in [5.41, 5.74) is 2.42. The topological polar surface area (TPSA) is 49.9 Å². The molecule has 0 N–H and O–H groups in total. The zero-order chi connectivity index (χ0) is 18.8. The van der Waals surface area contributed by atoms with Gasteiger partial charge in [0.05, 0.1) is 13.5 Å². The van der Waals surface area contributed by atoms with Gasteiger partial charge in [-0.25, -0.2) is 0 Å². The Bertz CT molecular complexity index is 834. The predicted octanol–water partition coefficient (Wildman–Crippen LogP) is 2.88. The number of hydrogen-bond donors (Lipinski definition) is 0. The summed E-state index contributed by atoms with van der Waals surface area (Å²) in [5.74, 6) is 0.963. The Morgan fingerprint density at radius 2 is 2.11 bits per heavy atom. The van der Waals surface area contributed by atoms with Crippen LogP contribution in [0.5, 0.6) is 5.75 Å². The highest BCUT2D eigenvalue weighted by atomic mass is 32.1. The van der Waals surface area contributed by atoms with Crippen molar-refractivity contribution in [2.45, 2.75) is 38.3 Å². The Hall–Kier alpha value is -2.34. The van der Waals surface area contributed by atoms with Crippen LogP contribution in [0.2, 0.25) is 0 Å². The molecule has 0 spiro atoms. The van der Waals surface area contributed by atoms with Gasteiger partial charge in [-0.2, -0.15) is 0 Å².